The lowest BCUT2D eigenvalue weighted by Gasteiger charge is -2.42. The molecular formula is C27H26ClN5O6S. The van der Waals surface area contributed by atoms with Crippen LogP contribution in [0.2, 0.25) is 5.02 Å². The molecule has 0 saturated heterocycles. The lowest BCUT2D eigenvalue weighted by molar-refractivity contribution is -0.135. The molecule has 0 radical (unpaired) electrons. The number of nitrogens with one attached hydrogen (secondary N) is 2. The zero-order chi connectivity index (χ0) is 29.1. The first kappa shape index (κ1) is 28.7. The third kappa shape index (κ3) is 6.12. The van der Waals surface area contributed by atoms with Crippen LogP contribution in [0.25, 0.3) is 0 Å². The first-order valence-electron chi connectivity index (χ1n) is 12.0. The Kier molecular flexibility index (Phi) is 8.20. The second-order valence-corrected chi connectivity index (χ2v) is 11.7. The Morgan fingerprint density at radius 2 is 1.82 bits per heavy atom. The molecule has 0 aromatic heterocycles. The number of hydrogen-bond donors (Lipinski definition) is 4. The number of guanidine groups is 1. The molecule has 1 aliphatic heterocycles. The molecule has 1 heterocycles. The Balaban J connectivity index is 1.76. The number of hydrogen-bond acceptors (Lipinski definition) is 7. The first-order valence-corrected chi connectivity index (χ1v) is 13.8. The predicted octanol–water partition coefficient (Wildman–Crippen LogP) is 3.73. The van der Waals surface area contributed by atoms with E-state index in [1.807, 2.05) is 0 Å². The first-order chi connectivity index (χ1) is 18.9. The van der Waals surface area contributed by atoms with Crippen LogP contribution in [0, 0.1) is 11.5 Å². The van der Waals surface area contributed by atoms with Crippen LogP contribution in [0.1, 0.15) is 25.5 Å². The molecule has 4 rings (SSSR count). The van der Waals surface area contributed by atoms with Crippen LogP contribution in [0.3, 0.4) is 0 Å². The second kappa shape index (κ2) is 11.4. The fraction of sp³-hybridized carbons (Fsp3) is 0.222. The van der Waals surface area contributed by atoms with Gasteiger partial charge in [-0.15, -0.1) is 4.99 Å². The van der Waals surface area contributed by atoms with Gasteiger partial charge in [-0.2, -0.15) is 5.26 Å². The lowest BCUT2D eigenvalue weighted by Crippen LogP contribution is -2.54. The van der Waals surface area contributed by atoms with Crippen molar-refractivity contribution >= 4 is 44.9 Å². The van der Waals surface area contributed by atoms with E-state index >= 15 is 0 Å². The minimum Gasteiger partial charge on any atom is -0.485 e. The van der Waals surface area contributed by atoms with Gasteiger partial charge in [0.2, 0.25) is 12.2 Å². The standard InChI is InChI=1S/C27H26ClN5O6S/c1-27(2)25(36)24(32-26(30-16-29)31-18-10-8-17(28)9-11-18)21-14-20(12-13-22(21)39-27)40(37,38)33(15-23(34)35)19-6-4-3-5-7-19/h3-14,24-25,36H,15H2,1-2H3,(H,34,35)(H2,30,31,32)/t24-,25+/m1/s1. The fourth-order valence-corrected chi connectivity index (χ4v) is 5.79. The van der Waals surface area contributed by atoms with Crippen molar-refractivity contribution in [3.05, 3.63) is 83.4 Å². The van der Waals surface area contributed by atoms with E-state index in [0.717, 1.165) is 4.31 Å². The minimum absolute atomic E-state index is 0.0115. The molecule has 4 N–H and O–H groups in total. The number of ether oxygens (including phenoxy) is 1. The number of sulfonamides is 1. The van der Waals surface area contributed by atoms with Gasteiger partial charge < -0.3 is 25.6 Å². The number of halogens is 1. The Labute approximate surface area is 236 Å². The van der Waals surface area contributed by atoms with E-state index < -0.39 is 40.3 Å². The van der Waals surface area contributed by atoms with Crippen LogP contribution in [0.4, 0.5) is 11.4 Å². The normalized spacial score (nSPS) is 18.0. The zero-order valence-electron chi connectivity index (χ0n) is 21.4. The van der Waals surface area contributed by atoms with Gasteiger partial charge in [-0.25, -0.2) is 8.42 Å². The number of carbonyl (C=O) groups is 1. The van der Waals surface area contributed by atoms with Crippen molar-refractivity contribution in [2.45, 2.75) is 36.5 Å². The number of nitriles is 1. The van der Waals surface area contributed by atoms with Crippen LogP contribution >= 0.6 is 11.6 Å². The number of rotatable bonds is 7. The van der Waals surface area contributed by atoms with Crippen molar-refractivity contribution in [3.8, 4) is 11.9 Å². The highest BCUT2D eigenvalue weighted by Crippen LogP contribution is 2.41. The van der Waals surface area contributed by atoms with Crippen LogP contribution in [-0.2, 0) is 14.8 Å². The number of nitrogens with zero attached hydrogens (tertiary/aromatic N) is 3. The molecule has 13 heteroatoms. The second-order valence-electron chi connectivity index (χ2n) is 9.41. The highest BCUT2D eigenvalue weighted by Gasteiger charge is 2.44. The number of carboxylic acids is 1. The number of aliphatic carboxylic acids is 1. The van der Waals surface area contributed by atoms with Crippen molar-refractivity contribution in [2.75, 3.05) is 16.2 Å². The summed E-state index contributed by atoms with van der Waals surface area (Å²) in [5, 5.41) is 36.5. The Morgan fingerprint density at radius 3 is 2.45 bits per heavy atom. The minimum atomic E-state index is -4.37. The van der Waals surface area contributed by atoms with Crippen molar-refractivity contribution in [2.24, 2.45) is 4.99 Å². The van der Waals surface area contributed by atoms with E-state index in [4.69, 9.17) is 16.3 Å². The number of carboxylic acid groups (broad SMARTS) is 1. The van der Waals surface area contributed by atoms with E-state index in [0.29, 0.717) is 16.5 Å². The molecule has 0 fully saturated rings. The molecule has 11 nitrogen and oxygen atoms in total. The van der Waals surface area contributed by atoms with Crippen LogP contribution in [-0.4, -0.2) is 48.8 Å². The monoisotopic (exact) mass is 583 g/mol. The van der Waals surface area contributed by atoms with Gasteiger partial charge in [0, 0.05) is 16.3 Å². The van der Waals surface area contributed by atoms with E-state index in [1.54, 1.807) is 62.5 Å². The molecular weight excluding hydrogens is 558 g/mol. The lowest BCUT2D eigenvalue weighted by atomic mass is 9.86. The molecule has 3 aromatic carbocycles. The van der Waals surface area contributed by atoms with E-state index in [2.05, 4.69) is 15.6 Å². The summed E-state index contributed by atoms with van der Waals surface area (Å²) < 4.78 is 34.2. The maximum Gasteiger partial charge on any atom is 0.324 e. The summed E-state index contributed by atoms with van der Waals surface area (Å²) in [6.45, 7) is 2.52. The molecule has 0 unspecified atom stereocenters. The largest absolute Gasteiger partial charge is 0.485 e. The van der Waals surface area contributed by atoms with Crippen molar-refractivity contribution < 1.29 is 28.2 Å². The van der Waals surface area contributed by atoms with Gasteiger partial charge >= 0.3 is 5.97 Å². The number of aliphatic imine (C=N–C) groups is 1. The predicted molar refractivity (Wildman–Crippen MR) is 150 cm³/mol. The summed E-state index contributed by atoms with van der Waals surface area (Å²) in [5.41, 5.74) is -0.122. The number of aliphatic hydroxyl groups excluding tert-OH is 1. The molecule has 0 saturated carbocycles. The summed E-state index contributed by atoms with van der Waals surface area (Å²) in [4.78, 5) is 15.2. The third-order valence-electron chi connectivity index (χ3n) is 6.19. The van der Waals surface area contributed by atoms with Gasteiger partial charge in [-0.1, -0.05) is 29.8 Å². The van der Waals surface area contributed by atoms with Crippen LogP contribution in [0.15, 0.2) is 82.7 Å². The smallest absolute Gasteiger partial charge is 0.324 e. The maximum absolute atomic E-state index is 13.7. The molecule has 0 bridgehead atoms. The molecule has 0 aliphatic carbocycles. The SMILES string of the molecule is CC1(C)Oc2ccc(S(=O)(=O)N(CC(=O)O)c3ccccc3)cc2[C@@H](NC(=NC#N)Nc2ccc(Cl)cc2)[C@@H]1O. The highest BCUT2D eigenvalue weighted by molar-refractivity contribution is 7.92. The van der Waals surface area contributed by atoms with Gasteiger partial charge in [0.05, 0.1) is 16.6 Å². The summed E-state index contributed by atoms with van der Waals surface area (Å²) in [5.74, 6) is -1.06. The summed E-state index contributed by atoms with van der Waals surface area (Å²) in [7, 11) is -4.37. The average Bonchev–Trinajstić information content (AvgIpc) is 2.91. The highest BCUT2D eigenvalue weighted by atomic mass is 35.5. The average molecular weight is 584 g/mol. The molecule has 0 amide bonds. The Hall–Kier alpha value is -4.31. The molecule has 0 spiro atoms. The zero-order valence-corrected chi connectivity index (χ0v) is 23.0. The molecule has 1 aliphatic rings. The fourth-order valence-electron chi connectivity index (χ4n) is 4.22. The molecule has 40 heavy (non-hydrogen) atoms. The Bertz CT molecular complexity index is 1570. The number of para-hydroxylation sites is 1. The van der Waals surface area contributed by atoms with E-state index in [9.17, 15) is 28.7 Å². The third-order valence-corrected chi connectivity index (χ3v) is 8.21. The van der Waals surface area contributed by atoms with Crippen molar-refractivity contribution in [3.63, 3.8) is 0 Å². The van der Waals surface area contributed by atoms with E-state index in [-0.39, 0.29) is 22.1 Å². The topological polar surface area (TPSA) is 164 Å². The van der Waals surface area contributed by atoms with Gasteiger partial charge in [0.15, 0.2) is 0 Å². The molecule has 2 atom stereocenters. The quantitative estimate of drug-likeness (QED) is 0.184. The number of aliphatic hydroxyl groups is 1. The molecule has 208 valence electrons. The van der Waals surface area contributed by atoms with Gasteiger partial charge in [-0.05, 0) is 68.4 Å². The number of benzene rings is 3. The molecule has 3 aromatic rings. The van der Waals surface area contributed by atoms with Gasteiger partial charge in [0.1, 0.15) is 24.0 Å². The maximum atomic E-state index is 13.7. The summed E-state index contributed by atoms with van der Waals surface area (Å²) in [6.07, 6.45) is 0.477. The van der Waals surface area contributed by atoms with Crippen LogP contribution in [0.5, 0.6) is 5.75 Å². The van der Waals surface area contributed by atoms with E-state index in [1.165, 1.54) is 30.3 Å². The van der Waals surface area contributed by atoms with Crippen LogP contribution < -0.4 is 19.7 Å². The number of anilines is 2. The van der Waals surface area contributed by atoms with Gasteiger partial charge in [-0.3, -0.25) is 9.10 Å². The van der Waals surface area contributed by atoms with Crippen molar-refractivity contribution in [1.82, 2.24) is 5.32 Å². The van der Waals surface area contributed by atoms with Crippen molar-refractivity contribution in [1.29, 1.82) is 5.26 Å². The van der Waals surface area contributed by atoms with Gasteiger partial charge in [0.25, 0.3) is 10.0 Å². The number of fused-ring (bicyclic) bond motifs is 1. The summed E-state index contributed by atoms with van der Waals surface area (Å²) >= 11 is 5.95. The Morgan fingerprint density at radius 1 is 1.15 bits per heavy atom. The summed E-state index contributed by atoms with van der Waals surface area (Å²) in [6, 6.07) is 17.6.